The molecule has 128 valence electrons. The highest BCUT2D eigenvalue weighted by atomic mass is 19.4. The number of hydrogen-bond acceptors (Lipinski definition) is 5. The Bertz CT molecular complexity index is 798. The summed E-state index contributed by atoms with van der Waals surface area (Å²) in [5.74, 6) is -1.28. The third-order valence-corrected chi connectivity index (χ3v) is 3.63. The summed E-state index contributed by atoms with van der Waals surface area (Å²) in [6.45, 7) is 0. The van der Waals surface area contributed by atoms with Crippen LogP contribution in [0.5, 0.6) is 0 Å². The van der Waals surface area contributed by atoms with E-state index >= 15 is 0 Å². The zero-order chi connectivity index (χ0) is 17.5. The number of nitrogens with two attached hydrogens (primary N) is 1. The fourth-order valence-corrected chi connectivity index (χ4v) is 2.47. The topological polar surface area (TPSA) is 112 Å². The molecule has 0 aromatic carbocycles. The van der Waals surface area contributed by atoms with Crippen molar-refractivity contribution >= 4 is 17.5 Å². The molecule has 3 rings (SSSR count). The number of halogens is 3. The van der Waals surface area contributed by atoms with Crippen molar-refractivity contribution in [3.05, 3.63) is 29.7 Å². The first-order valence-corrected chi connectivity index (χ1v) is 6.92. The molecule has 0 aliphatic heterocycles. The van der Waals surface area contributed by atoms with Crippen LogP contribution in [0.15, 0.2) is 18.5 Å². The van der Waals surface area contributed by atoms with Crippen LogP contribution in [0.2, 0.25) is 0 Å². The number of fused-ring (bicyclic) bond motifs is 1. The van der Waals surface area contributed by atoms with Crippen LogP contribution in [0.1, 0.15) is 33.7 Å². The first kappa shape index (κ1) is 16.2. The molecular weight excluding hydrogens is 331 g/mol. The quantitative estimate of drug-likeness (QED) is 0.845. The maximum atomic E-state index is 12.3. The summed E-state index contributed by atoms with van der Waals surface area (Å²) in [6.07, 6.45) is -3.01. The summed E-state index contributed by atoms with van der Waals surface area (Å²) in [5, 5.41) is 6.48. The molecule has 0 unspecified atom stereocenters. The lowest BCUT2D eigenvalue weighted by Crippen LogP contribution is -2.49. The molecule has 0 bridgehead atoms. The van der Waals surface area contributed by atoms with Crippen LogP contribution >= 0.6 is 0 Å². The zero-order valence-electron chi connectivity index (χ0n) is 12.1. The number of amides is 2. The van der Waals surface area contributed by atoms with E-state index in [-0.39, 0.29) is 29.7 Å². The van der Waals surface area contributed by atoms with Crippen LogP contribution < -0.4 is 11.1 Å². The summed E-state index contributed by atoms with van der Waals surface area (Å²) in [4.78, 5) is 27.5. The van der Waals surface area contributed by atoms with Gasteiger partial charge >= 0.3 is 6.36 Å². The van der Waals surface area contributed by atoms with Crippen molar-refractivity contribution in [2.45, 2.75) is 31.3 Å². The van der Waals surface area contributed by atoms with Gasteiger partial charge in [0.2, 0.25) is 0 Å². The van der Waals surface area contributed by atoms with E-state index < -0.39 is 30.3 Å². The second-order valence-corrected chi connectivity index (χ2v) is 5.32. The summed E-state index contributed by atoms with van der Waals surface area (Å²) in [7, 11) is 0. The number of nitrogens with zero attached hydrogens (tertiary/aromatic N) is 3. The molecule has 1 aliphatic rings. The normalized spacial score (nSPS) is 20.6. The fraction of sp³-hybridized carbons (Fsp3) is 0.385. The number of nitrogens with one attached hydrogen (secondary N) is 1. The first-order chi connectivity index (χ1) is 11.2. The van der Waals surface area contributed by atoms with Crippen LogP contribution in [-0.2, 0) is 4.74 Å². The van der Waals surface area contributed by atoms with Crippen LogP contribution in [0.4, 0.5) is 13.2 Å². The van der Waals surface area contributed by atoms with Crippen molar-refractivity contribution in [3.8, 4) is 0 Å². The van der Waals surface area contributed by atoms with E-state index in [9.17, 15) is 22.8 Å². The number of ether oxygens (including phenoxy) is 1. The molecule has 3 N–H and O–H groups in total. The molecule has 2 aromatic rings. The SMILES string of the molecule is NC(=O)c1cnn2c(C(=O)N[C@H]3C[C@@H](OC(F)(F)F)C3)ccnc12. The van der Waals surface area contributed by atoms with Crippen LogP contribution in [0.25, 0.3) is 5.65 Å². The summed E-state index contributed by atoms with van der Waals surface area (Å²) in [5.41, 5.74) is 5.47. The molecule has 2 amide bonds. The van der Waals surface area contributed by atoms with Gasteiger partial charge in [0.25, 0.3) is 11.8 Å². The van der Waals surface area contributed by atoms with Crippen molar-refractivity contribution in [2.75, 3.05) is 0 Å². The highest BCUT2D eigenvalue weighted by Crippen LogP contribution is 2.30. The lowest BCUT2D eigenvalue weighted by Gasteiger charge is -2.35. The summed E-state index contributed by atoms with van der Waals surface area (Å²) >= 11 is 0. The number of carbonyl (C=O) groups excluding carboxylic acids is 2. The van der Waals surface area contributed by atoms with E-state index in [0.29, 0.717) is 0 Å². The average molecular weight is 343 g/mol. The Labute approximate surface area is 132 Å². The molecule has 1 fully saturated rings. The minimum Gasteiger partial charge on any atom is -0.365 e. The van der Waals surface area contributed by atoms with Gasteiger partial charge in [0.15, 0.2) is 5.65 Å². The van der Waals surface area contributed by atoms with Gasteiger partial charge in [-0.25, -0.2) is 9.50 Å². The van der Waals surface area contributed by atoms with Crippen LogP contribution in [0.3, 0.4) is 0 Å². The Morgan fingerprint density at radius 2 is 2.08 bits per heavy atom. The van der Waals surface area contributed by atoms with Crippen molar-refractivity contribution in [2.24, 2.45) is 5.73 Å². The molecule has 8 nitrogen and oxygen atoms in total. The van der Waals surface area contributed by atoms with E-state index in [0.717, 1.165) is 4.52 Å². The molecule has 1 aliphatic carbocycles. The van der Waals surface area contributed by atoms with Gasteiger partial charge in [-0.15, -0.1) is 13.2 Å². The number of primary amides is 1. The van der Waals surface area contributed by atoms with E-state index in [2.05, 4.69) is 20.1 Å². The van der Waals surface area contributed by atoms with Crippen molar-refractivity contribution in [1.29, 1.82) is 0 Å². The number of hydrogen-bond donors (Lipinski definition) is 2. The second kappa shape index (κ2) is 5.74. The highest BCUT2D eigenvalue weighted by molar-refractivity contribution is 5.99. The maximum Gasteiger partial charge on any atom is 0.522 e. The number of alkyl halides is 3. The molecule has 0 spiro atoms. The molecule has 24 heavy (non-hydrogen) atoms. The number of aromatic nitrogens is 3. The Balaban J connectivity index is 1.69. The predicted octanol–water partition coefficient (Wildman–Crippen LogP) is 0.625. The minimum absolute atomic E-state index is 0.0606. The molecule has 1 saturated carbocycles. The number of rotatable bonds is 4. The Hall–Kier alpha value is -2.69. The number of carbonyl (C=O) groups is 2. The van der Waals surface area contributed by atoms with Crippen molar-refractivity contribution in [3.63, 3.8) is 0 Å². The zero-order valence-corrected chi connectivity index (χ0v) is 12.1. The van der Waals surface area contributed by atoms with E-state index in [1.807, 2.05) is 0 Å². The maximum absolute atomic E-state index is 12.3. The van der Waals surface area contributed by atoms with Crippen LogP contribution in [-0.4, -0.2) is 44.9 Å². The molecular formula is C13H12F3N5O3. The largest absolute Gasteiger partial charge is 0.522 e. The standard InChI is InChI=1S/C13H12F3N5O3/c14-13(15,16)24-7-3-6(4-7)20-12(23)9-1-2-18-11-8(10(17)22)5-19-21(9)11/h1-2,5-7H,3-4H2,(H2,17,22)(H,20,23)/t6-,7+. The Kier molecular flexibility index (Phi) is 3.87. The predicted molar refractivity (Wildman–Crippen MR) is 72.9 cm³/mol. The van der Waals surface area contributed by atoms with E-state index in [1.165, 1.54) is 18.5 Å². The second-order valence-electron chi connectivity index (χ2n) is 5.32. The van der Waals surface area contributed by atoms with E-state index in [4.69, 9.17) is 5.73 Å². The molecule has 0 saturated heterocycles. The minimum atomic E-state index is -4.68. The van der Waals surface area contributed by atoms with E-state index in [1.54, 1.807) is 0 Å². The molecule has 0 atom stereocenters. The van der Waals surface area contributed by atoms with Gasteiger partial charge in [-0.1, -0.05) is 0 Å². The lowest BCUT2D eigenvalue weighted by molar-refractivity contribution is -0.351. The lowest BCUT2D eigenvalue weighted by atomic mass is 9.89. The van der Waals surface area contributed by atoms with Gasteiger partial charge in [0, 0.05) is 12.2 Å². The van der Waals surface area contributed by atoms with Gasteiger partial charge in [-0.3, -0.25) is 14.3 Å². The summed E-state index contributed by atoms with van der Waals surface area (Å²) in [6, 6.07) is 0.946. The van der Waals surface area contributed by atoms with Gasteiger partial charge in [0.05, 0.1) is 12.3 Å². The fourth-order valence-electron chi connectivity index (χ4n) is 2.47. The average Bonchev–Trinajstić information content (AvgIpc) is 2.87. The first-order valence-electron chi connectivity index (χ1n) is 6.92. The monoisotopic (exact) mass is 343 g/mol. The highest BCUT2D eigenvalue weighted by Gasteiger charge is 2.40. The van der Waals surface area contributed by atoms with Gasteiger partial charge in [-0.05, 0) is 18.9 Å². The molecule has 11 heteroatoms. The molecule has 2 heterocycles. The summed E-state index contributed by atoms with van der Waals surface area (Å²) < 4.78 is 41.2. The smallest absolute Gasteiger partial charge is 0.365 e. The third kappa shape index (κ3) is 3.15. The van der Waals surface area contributed by atoms with Crippen molar-refractivity contribution < 1.29 is 27.5 Å². The van der Waals surface area contributed by atoms with Crippen LogP contribution in [0, 0.1) is 0 Å². The Morgan fingerprint density at radius 3 is 2.71 bits per heavy atom. The third-order valence-electron chi connectivity index (χ3n) is 3.63. The van der Waals surface area contributed by atoms with Gasteiger partial charge in [0.1, 0.15) is 11.3 Å². The van der Waals surface area contributed by atoms with Gasteiger partial charge in [-0.2, -0.15) is 5.10 Å². The van der Waals surface area contributed by atoms with Crippen molar-refractivity contribution in [1.82, 2.24) is 19.9 Å². The molecule has 0 radical (unpaired) electrons. The molecule has 2 aromatic heterocycles. The van der Waals surface area contributed by atoms with Gasteiger partial charge < -0.3 is 11.1 Å². The Morgan fingerprint density at radius 1 is 1.38 bits per heavy atom.